The third-order valence-corrected chi connectivity index (χ3v) is 7.01. The molecule has 2 unspecified atom stereocenters. The summed E-state index contributed by atoms with van der Waals surface area (Å²) >= 11 is 6.28. The number of carbonyl (C=O) groups excluding carboxylic acids is 1. The zero-order chi connectivity index (χ0) is 22.1. The van der Waals surface area contributed by atoms with E-state index in [2.05, 4.69) is 73.8 Å². The van der Waals surface area contributed by atoms with E-state index in [-0.39, 0.29) is 23.3 Å². The Hall–Kier alpha value is -1.72. The minimum absolute atomic E-state index is 0.0546. The summed E-state index contributed by atoms with van der Waals surface area (Å²) in [5.74, 6) is 0.0636. The molecule has 0 saturated carbocycles. The zero-order valence-electron chi connectivity index (χ0n) is 19.3. The quantitative estimate of drug-likeness (QED) is 0.768. The van der Waals surface area contributed by atoms with Gasteiger partial charge in [-0.1, -0.05) is 44.5 Å². The Balaban J connectivity index is 1.46. The van der Waals surface area contributed by atoms with E-state index in [4.69, 9.17) is 11.6 Å². The molecule has 1 saturated heterocycles. The van der Waals surface area contributed by atoms with Gasteiger partial charge in [0.25, 0.3) is 0 Å². The van der Waals surface area contributed by atoms with Crippen LogP contribution in [0.25, 0.3) is 0 Å². The molecule has 5 nitrogen and oxygen atoms in total. The van der Waals surface area contributed by atoms with Gasteiger partial charge in [0, 0.05) is 74.2 Å². The van der Waals surface area contributed by atoms with E-state index in [1.54, 1.807) is 0 Å². The summed E-state index contributed by atoms with van der Waals surface area (Å²) < 4.78 is 0. The second kappa shape index (κ2) is 9.19. The molecule has 2 aliphatic heterocycles. The first-order valence-corrected chi connectivity index (χ1v) is 11.4. The third-order valence-electron chi connectivity index (χ3n) is 6.60. The van der Waals surface area contributed by atoms with E-state index >= 15 is 0 Å². The molecule has 2 heterocycles. The average molecular weight is 433 g/mol. The van der Waals surface area contributed by atoms with Crippen LogP contribution in [0, 0.1) is 18.3 Å². The van der Waals surface area contributed by atoms with Crippen molar-refractivity contribution in [2.45, 2.75) is 40.7 Å². The van der Waals surface area contributed by atoms with Crippen molar-refractivity contribution >= 4 is 23.2 Å². The van der Waals surface area contributed by atoms with Gasteiger partial charge in [-0.25, -0.2) is 0 Å². The topological polar surface area (TPSA) is 38.8 Å². The molecule has 1 N–H and O–H groups in total. The minimum Gasteiger partial charge on any atom is -0.374 e. The van der Waals surface area contributed by atoms with Gasteiger partial charge in [0.05, 0.1) is 5.92 Å². The lowest BCUT2D eigenvalue weighted by atomic mass is 9.91. The van der Waals surface area contributed by atoms with Gasteiger partial charge in [0.1, 0.15) is 0 Å². The van der Waals surface area contributed by atoms with Crippen LogP contribution in [0.1, 0.15) is 33.3 Å². The van der Waals surface area contributed by atoms with Crippen LogP contribution in [0.4, 0.5) is 5.69 Å². The van der Waals surface area contributed by atoms with Crippen molar-refractivity contribution in [3.8, 4) is 0 Å². The molecule has 1 amide bonds. The van der Waals surface area contributed by atoms with Gasteiger partial charge in [-0.05, 0) is 31.5 Å². The van der Waals surface area contributed by atoms with Crippen LogP contribution in [-0.4, -0.2) is 68.1 Å². The van der Waals surface area contributed by atoms with E-state index in [1.807, 2.05) is 12.1 Å². The van der Waals surface area contributed by atoms with E-state index in [0.717, 1.165) is 43.3 Å². The first kappa shape index (κ1) is 23.0. The van der Waals surface area contributed by atoms with Crippen molar-refractivity contribution in [2.24, 2.45) is 11.3 Å². The number of rotatable bonds is 5. The molecule has 0 radical (unpaired) electrons. The van der Waals surface area contributed by atoms with Crippen LogP contribution in [0.2, 0.25) is 5.02 Å². The Morgan fingerprint density at radius 2 is 1.87 bits per heavy atom. The molecule has 1 aromatic carbocycles. The lowest BCUT2D eigenvalue weighted by molar-refractivity contribution is -0.124. The Bertz CT molecular complexity index is 793. The molecule has 0 spiro atoms. The summed E-state index contributed by atoms with van der Waals surface area (Å²) in [6.07, 6.45) is 2.16. The van der Waals surface area contributed by atoms with Crippen molar-refractivity contribution in [3.05, 3.63) is 40.6 Å². The first-order chi connectivity index (χ1) is 14.1. The molecular weight excluding hydrogens is 396 g/mol. The van der Waals surface area contributed by atoms with Crippen LogP contribution in [0.5, 0.6) is 0 Å². The second-order valence-electron chi connectivity index (χ2n) is 9.68. The van der Waals surface area contributed by atoms with Crippen molar-refractivity contribution in [3.63, 3.8) is 0 Å². The standard InChI is InChI=1S/C24H37ClN4O/c1-17-20(25)8-7-9-21(17)29-14-12-28(13-15-29)11-10-26-23(30)19-16-22(24(3,4)5)27(6)18(19)2/h7-9,16,18-19H,10-15H2,1-6H3,(H,26,30). The molecule has 1 aromatic rings. The highest BCUT2D eigenvalue weighted by atomic mass is 35.5. The maximum absolute atomic E-state index is 12.8. The van der Waals surface area contributed by atoms with Gasteiger partial charge in [-0.3, -0.25) is 9.69 Å². The average Bonchev–Trinajstić information content (AvgIpc) is 3.00. The van der Waals surface area contributed by atoms with E-state index in [0.29, 0.717) is 6.54 Å². The van der Waals surface area contributed by atoms with Gasteiger partial charge < -0.3 is 15.1 Å². The van der Waals surface area contributed by atoms with Gasteiger partial charge in [-0.2, -0.15) is 0 Å². The molecule has 2 aliphatic rings. The number of nitrogens with zero attached hydrogens (tertiary/aromatic N) is 3. The Morgan fingerprint density at radius 3 is 2.47 bits per heavy atom. The van der Waals surface area contributed by atoms with Crippen molar-refractivity contribution < 1.29 is 4.79 Å². The molecule has 1 fully saturated rings. The number of hydrogen-bond donors (Lipinski definition) is 1. The molecule has 0 aliphatic carbocycles. The maximum atomic E-state index is 12.8. The van der Waals surface area contributed by atoms with E-state index in [1.165, 1.54) is 11.4 Å². The molecule has 0 aromatic heterocycles. The number of hydrogen-bond acceptors (Lipinski definition) is 4. The second-order valence-corrected chi connectivity index (χ2v) is 10.1. The number of allylic oxidation sites excluding steroid dienone is 1. The molecule has 2 atom stereocenters. The maximum Gasteiger partial charge on any atom is 0.229 e. The zero-order valence-corrected chi connectivity index (χ0v) is 20.1. The van der Waals surface area contributed by atoms with E-state index < -0.39 is 0 Å². The van der Waals surface area contributed by atoms with Crippen molar-refractivity contribution in [1.82, 2.24) is 15.1 Å². The summed E-state index contributed by atoms with van der Waals surface area (Å²) in [7, 11) is 2.09. The fourth-order valence-electron chi connectivity index (χ4n) is 4.57. The smallest absolute Gasteiger partial charge is 0.229 e. The highest BCUT2D eigenvalue weighted by molar-refractivity contribution is 6.31. The molecular formula is C24H37ClN4O. The Kier molecular flexibility index (Phi) is 7.03. The Labute approximate surface area is 187 Å². The number of nitrogens with one attached hydrogen (secondary N) is 1. The molecule has 0 bridgehead atoms. The van der Waals surface area contributed by atoms with Crippen LogP contribution in [0.3, 0.4) is 0 Å². The number of carbonyl (C=O) groups is 1. The SMILES string of the molecule is Cc1c(Cl)cccc1N1CCN(CCNC(=O)C2C=C(C(C)(C)C)N(C)C2C)CC1. The van der Waals surface area contributed by atoms with Crippen LogP contribution in [0.15, 0.2) is 30.0 Å². The number of halogens is 1. The fourth-order valence-corrected chi connectivity index (χ4v) is 4.74. The number of anilines is 1. The van der Waals surface area contributed by atoms with Gasteiger partial charge >= 0.3 is 0 Å². The summed E-state index contributed by atoms with van der Waals surface area (Å²) in [4.78, 5) is 19.9. The first-order valence-electron chi connectivity index (χ1n) is 11.0. The molecule has 30 heavy (non-hydrogen) atoms. The summed E-state index contributed by atoms with van der Waals surface area (Å²) in [6.45, 7) is 16.4. The third kappa shape index (κ3) is 4.94. The monoisotopic (exact) mass is 432 g/mol. The lowest BCUT2D eigenvalue weighted by Crippen LogP contribution is -2.49. The largest absolute Gasteiger partial charge is 0.374 e. The number of benzene rings is 1. The predicted molar refractivity (Wildman–Crippen MR) is 126 cm³/mol. The van der Waals surface area contributed by atoms with Crippen molar-refractivity contribution in [1.29, 1.82) is 0 Å². The molecule has 166 valence electrons. The van der Waals surface area contributed by atoms with Crippen LogP contribution in [-0.2, 0) is 4.79 Å². The lowest BCUT2D eigenvalue weighted by Gasteiger charge is -2.37. The van der Waals surface area contributed by atoms with Gasteiger partial charge in [0.2, 0.25) is 5.91 Å². The molecule has 3 rings (SSSR count). The highest BCUT2D eigenvalue weighted by Gasteiger charge is 2.37. The number of piperazine rings is 1. The predicted octanol–water partition coefficient (Wildman–Crippen LogP) is 3.77. The fraction of sp³-hybridized carbons (Fsp3) is 0.625. The van der Waals surface area contributed by atoms with Crippen molar-refractivity contribution in [2.75, 3.05) is 51.2 Å². The van der Waals surface area contributed by atoms with Crippen LogP contribution < -0.4 is 10.2 Å². The van der Waals surface area contributed by atoms with E-state index in [9.17, 15) is 4.79 Å². The van der Waals surface area contributed by atoms with Gasteiger partial charge in [-0.15, -0.1) is 0 Å². The normalized spacial score (nSPS) is 23.0. The number of amides is 1. The highest BCUT2D eigenvalue weighted by Crippen LogP contribution is 2.37. The summed E-state index contributed by atoms with van der Waals surface area (Å²) in [6, 6.07) is 6.31. The van der Waals surface area contributed by atoms with Gasteiger partial charge in [0.15, 0.2) is 0 Å². The van der Waals surface area contributed by atoms with Crippen LogP contribution >= 0.6 is 11.6 Å². The summed E-state index contributed by atoms with van der Waals surface area (Å²) in [5.41, 5.74) is 3.69. The Morgan fingerprint density at radius 1 is 1.20 bits per heavy atom. The minimum atomic E-state index is -0.0770. The summed E-state index contributed by atoms with van der Waals surface area (Å²) in [5, 5.41) is 4.00. The molecule has 6 heteroatoms.